The summed E-state index contributed by atoms with van der Waals surface area (Å²) in [5, 5.41) is 47.3. The third kappa shape index (κ3) is 27.7. The molecule has 5 atom stereocenters. The minimum atomic E-state index is -0.987. The van der Waals surface area contributed by atoms with Gasteiger partial charge in [0, 0.05) is 199 Å². The molecule has 0 bridgehead atoms. The molecule has 27 nitrogen and oxygen atoms in total. The first-order valence-corrected chi connectivity index (χ1v) is 44.2. The number of furan rings is 1. The number of hydrogen-bond acceptors (Lipinski definition) is 21. The first-order chi connectivity index (χ1) is 61.0. The Morgan fingerprint density at radius 3 is 1.91 bits per heavy atom. The van der Waals surface area contributed by atoms with Crippen LogP contribution in [0.1, 0.15) is 179 Å². The zero-order valence-electron chi connectivity index (χ0n) is 78.8. The largest absolute Gasteiger partial charge is 0.539 e. The molecule has 9 heterocycles. The van der Waals surface area contributed by atoms with Gasteiger partial charge in [0.15, 0.2) is 5.78 Å². The number of imidazole rings is 2. The second-order valence-electron chi connectivity index (χ2n) is 33.7. The Bertz CT molecular complexity index is 6220. The van der Waals surface area contributed by atoms with Crippen LogP contribution in [-0.2, 0) is 136 Å². The van der Waals surface area contributed by atoms with Crippen LogP contribution >= 0.6 is 27.5 Å². The molecule has 2 aliphatic rings. The van der Waals surface area contributed by atoms with Crippen molar-refractivity contribution in [3.63, 3.8) is 0 Å². The van der Waals surface area contributed by atoms with Crippen LogP contribution in [0.4, 0.5) is 0 Å². The molecule has 9 aromatic heterocycles. The van der Waals surface area contributed by atoms with Crippen molar-refractivity contribution in [2.24, 2.45) is 42.7 Å². The zero-order chi connectivity index (χ0) is 92.6. The Hall–Kier alpha value is -9.49. The summed E-state index contributed by atoms with van der Waals surface area (Å²) < 4.78 is 40.7. The van der Waals surface area contributed by atoms with E-state index in [2.05, 4.69) is 187 Å². The van der Waals surface area contributed by atoms with E-state index in [-0.39, 0.29) is 132 Å². The molecule has 2 saturated carbocycles. The molecule has 2 fully saturated rings. The summed E-state index contributed by atoms with van der Waals surface area (Å²) in [6.07, 6.45) is 30.1. The van der Waals surface area contributed by atoms with Gasteiger partial charge in [0.25, 0.3) is 0 Å². The van der Waals surface area contributed by atoms with E-state index in [0.29, 0.717) is 30.6 Å². The number of fused-ring (bicyclic) bond motifs is 1. The number of halogens is 1. The topological polar surface area (TPSA) is 312 Å². The molecular weight excluding hydrogens is 2660 g/mol. The number of aliphatic hydroxyl groups is 1. The number of hydrogen-bond donors (Lipinski definition) is 1. The second-order valence-corrected chi connectivity index (χ2v) is 35.5. The molecule has 1 N–H and O–H groups in total. The maximum absolute atomic E-state index is 13.5. The van der Waals surface area contributed by atoms with Crippen LogP contribution < -0.4 is 9.47 Å². The van der Waals surface area contributed by atoms with E-state index >= 15 is 0 Å². The van der Waals surface area contributed by atoms with Crippen LogP contribution in [0.5, 0.6) is 11.5 Å². The fourth-order valence-electron chi connectivity index (χ4n) is 16.7. The summed E-state index contributed by atoms with van der Waals surface area (Å²) in [5.74, 6) is 8.13. The fourth-order valence-corrected chi connectivity index (χ4v) is 17.9. The number of carbonyl (C=O) groups is 3. The Labute approximate surface area is 861 Å². The van der Waals surface area contributed by atoms with Gasteiger partial charge in [0.05, 0.1) is 77.2 Å². The van der Waals surface area contributed by atoms with Gasteiger partial charge in [0.2, 0.25) is 0 Å². The number of allylic oxidation sites excluding steroid dienone is 2. The number of aryl methyl sites for hydroxylation is 9. The normalized spacial score (nSPS) is 14.3. The summed E-state index contributed by atoms with van der Waals surface area (Å²) in [4.78, 5) is 50.7. The van der Waals surface area contributed by atoms with Crippen LogP contribution in [0.25, 0.3) is 79.7 Å². The first kappa shape index (κ1) is 112. The number of ether oxygens (including phenoxy) is 3. The van der Waals surface area contributed by atoms with E-state index in [1.807, 2.05) is 146 Å². The minimum Gasteiger partial charge on any atom is -0.539 e. The molecule has 14 aromatic rings. The van der Waals surface area contributed by atoms with Crippen molar-refractivity contribution in [3.8, 4) is 97.3 Å². The Morgan fingerprint density at radius 1 is 0.692 bits per heavy atom. The van der Waals surface area contributed by atoms with Crippen LogP contribution in [0.2, 0.25) is 0 Å². The van der Waals surface area contributed by atoms with Crippen molar-refractivity contribution < 1.29 is 141 Å². The van der Waals surface area contributed by atoms with Crippen molar-refractivity contribution in [3.05, 3.63) is 242 Å². The fraction of sp³-hybridized carbons (Fsp3) is 0.384. The van der Waals surface area contributed by atoms with Crippen molar-refractivity contribution in [1.82, 2.24) is 87.3 Å². The number of aromatic nitrogens is 18. The first-order valence-electron chi connectivity index (χ1n) is 42.7. The molecule has 133 heavy (non-hydrogen) atoms. The Kier molecular flexibility index (Phi) is 43.0. The number of aliphatic hydroxyl groups excluding tert-OH is 1. The number of rotatable bonds is 20. The number of nitrogens with zero attached hydrogens (tertiary/aromatic N) is 19. The zero-order valence-corrected chi connectivity index (χ0v) is 92.9. The minimum absolute atomic E-state index is 0. The van der Waals surface area contributed by atoms with E-state index in [9.17, 15) is 19.6 Å². The monoisotopic (exact) mass is 2780 g/mol. The molecule has 16 rings (SSSR count). The molecule has 34 heteroatoms. The number of methoxy groups -OCH3 is 2. The molecule has 717 valence electrons. The van der Waals surface area contributed by atoms with Gasteiger partial charge in [-0.3, -0.25) is 39.2 Å². The average Bonchev–Trinajstić information content (AvgIpc) is 1.76. The second kappa shape index (κ2) is 50.9. The third-order valence-electron chi connectivity index (χ3n) is 23.4. The van der Waals surface area contributed by atoms with Crippen molar-refractivity contribution in [2.75, 3.05) is 14.2 Å². The van der Waals surface area contributed by atoms with Crippen LogP contribution in [0.15, 0.2) is 149 Å². The SMILES string of the molecule is CC(=O)C=C(C)O.COC(=O)C(C)(C)CC(C)(CCC(C)C#N)C(=O)Oc1c[c-]c(-c2ncnn2C2CCCC3CCCCC32)cc1.COc1c[c-]c(-c2nncn2-c2c(C)c(C)c(C)c(C)c2C)cc1Br.Cc1ccccc1-n1ccnc1-c1[c-]nn(C)c1.Cc1cn(-c2cc(C)oc2C)c(-c2[c-]cccc2)n1.Cc1nsc(C)c1-n1c(C)nnc1-c1[c-]nn(C)c1.[Ir].[Ir].[Ir].[Pt].[Pt]. The summed E-state index contributed by atoms with van der Waals surface area (Å²) >= 11 is 5.02. The summed E-state index contributed by atoms with van der Waals surface area (Å²) in [5.41, 5.74) is 16.5. The maximum atomic E-state index is 13.5. The summed E-state index contributed by atoms with van der Waals surface area (Å²) in [7, 11) is 6.72. The standard InChI is InChI=1S/C32H43N4O4.C20H21BrN3O.C16H15N2O.C14H13N4.C12H13N6S.C5H8O2.3Ir.2Pt/c1-22(19-33)17-18-32(4,20-31(2,3)29(37)39-5)30(38)40-25-15-13-24(14-16-25)28-34-21-35-36(28)27-12-8-10-23-9-6-7-11-26(23)27;1-11-12(2)14(4)19(15(5)13(11)3)24-10-22-23-20(24)16-7-8-18(25-6)17(21)9-16;1-11-10-18(15-9-12(2)19-13(15)3)16(17-11)14-7-5-4-6-8-14;1-11-5-3-4-6-13(11)18-8-7-15-14(18)12-9-16-17(2)10-12;1-7-11(8(2)19-16-7)18-9(3)14-15-12(18)10-5-13-17(4)6-10;1-4(6)3-5(2)7;;;;;/h13,15-16,21-23,26-27H,6-12,17-18,20H2,1-5H3;8-10H,1-6H3;4-7,9-10H,1-3H3;3-8,10H,1-2H3;6H,1-4H3;3,6H,1-2H3;;;;;/q5*-1;;;;;;. The molecule has 0 saturated heterocycles. The molecule has 0 amide bonds. The van der Waals surface area contributed by atoms with Gasteiger partial charge in [-0.1, -0.05) is 78.6 Å². The predicted octanol–water partition coefficient (Wildman–Crippen LogP) is 20.9. The van der Waals surface area contributed by atoms with Gasteiger partial charge in [-0.15, -0.1) is 111 Å². The van der Waals surface area contributed by atoms with Gasteiger partial charge in [-0.25, -0.2) is 0 Å². The summed E-state index contributed by atoms with van der Waals surface area (Å²) in [6.45, 7) is 34.8. The Morgan fingerprint density at radius 2 is 1.34 bits per heavy atom. The van der Waals surface area contributed by atoms with E-state index in [1.165, 1.54) is 110 Å². The number of carbonyl (C=O) groups excluding carboxylic acids is 3. The van der Waals surface area contributed by atoms with E-state index in [0.717, 1.165) is 136 Å². The van der Waals surface area contributed by atoms with Gasteiger partial charge < -0.3 is 56.4 Å². The number of para-hydroxylation sites is 1. The summed E-state index contributed by atoms with van der Waals surface area (Å²) in [6, 6.07) is 39.5. The van der Waals surface area contributed by atoms with E-state index < -0.39 is 16.8 Å². The number of ketones is 1. The predicted molar refractivity (Wildman–Crippen MR) is 497 cm³/mol. The molecule has 2 aliphatic carbocycles. The average molecular weight is 2780 g/mol. The van der Waals surface area contributed by atoms with Gasteiger partial charge >= 0.3 is 11.9 Å². The van der Waals surface area contributed by atoms with Crippen LogP contribution in [0.3, 0.4) is 0 Å². The van der Waals surface area contributed by atoms with Crippen molar-refractivity contribution >= 4 is 45.2 Å². The molecule has 5 aromatic carbocycles. The van der Waals surface area contributed by atoms with Gasteiger partial charge in [-0.2, -0.15) is 24.9 Å². The number of benzene rings is 5. The van der Waals surface area contributed by atoms with Gasteiger partial charge in [-0.05, 0) is 236 Å². The third-order valence-corrected chi connectivity index (χ3v) is 24.9. The van der Waals surface area contributed by atoms with E-state index in [1.54, 1.807) is 68.2 Å². The molecular formula is C99H113BrIr3N19O8Pt2S-5. The molecule has 5 unspecified atom stereocenters. The van der Waals surface area contributed by atoms with E-state index in [4.69, 9.17) is 23.7 Å². The van der Waals surface area contributed by atoms with Crippen LogP contribution in [0, 0.1) is 154 Å². The smallest absolute Gasteiger partial charge is 0.311 e. The maximum Gasteiger partial charge on any atom is 0.311 e. The molecule has 3 radical (unpaired) electrons. The van der Waals surface area contributed by atoms with Gasteiger partial charge in [0.1, 0.15) is 30.0 Å². The number of nitriles is 1. The van der Waals surface area contributed by atoms with Crippen molar-refractivity contribution in [1.29, 1.82) is 5.26 Å². The number of esters is 2. The molecule has 0 aliphatic heterocycles. The molecule has 0 spiro atoms. The van der Waals surface area contributed by atoms with Crippen LogP contribution in [-0.4, -0.2) is 124 Å². The quantitative estimate of drug-likeness (QED) is 0.0244. The van der Waals surface area contributed by atoms with Crippen molar-refractivity contribution in [2.45, 2.75) is 195 Å². The Balaban J connectivity index is 0.000000257.